The molecule has 0 spiro atoms. The minimum atomic E-state index is -0.406. The van der Waals surface area contributed by atoms with Gasteiger partial charge in [-0.15, -0.1) is 0 Å². The maximum atomic E-state index is 12.5. The van der Waals surface area contributed by atoms with Crippen molar-refractivity contribution in [2.75, 3.05) is 26.4 Å². The first kappa shape index (κ1) is 42.2. The van der Waals surface area contributed by atoms with Crippen LogP contribution in [0.1, 0.15) is 141 Å². The van der Waals surface area contributed by atoms with Crippen molar-refractivity contribution >= 4 is 33.8 Å². The number of carbonyl (C=O) groups is 2. The highest BCUT2D eigenvalue weighted by atomic mass is 33.1. The van der Waals surface area contributed by atoms with E-state index < -0.39 is 11.1 Å². The topological polar surface area (TPSA) is 95.1 Å². The Morgan fingerprint density at radius 1 is 0.605 bits per heavy atom. The van der Waals surface area contributed by atoms with Gasteiger partial charge in [-0.2, -0.15) is 0 Å². The zero-order valence-electron chi connectivity index (χ0n) is 29.6. The fraction of sp³-hybridized carbons (Fsp3) is 0.939. The third kappa shape index (κ3) is 24.1. The second-order valence-electron chi connectivity index (χ2n) is 14.3. The van der Waals surface area contributed by atoms with E-state index in [0.717, 1.165) is 44.9 Å². The van der Waals surface area contributed by atoms with E-state index in [1.54, 1.807) is 0 Å². The number of amides is 2. The van der Waals surface area contributed by atoms with Crippen LogP contribution in [0.25, 0.3) is 0 Å². The van der Waals surface area contributed by atoms with E-state index in [4.69, 9.17) is 18.9 Å². The minimum Gasteiger partial charge on any atom is -0.450 e. The number of alkyl carbamates (subject to hydrolysis) is 2. The van der Waals surface area contributed by atoms with Gasteiger partial charge in [0.25, 0.3) is 0 Å². The summed E-state index contributed by atoms with van der Waals surface area (Å²) in [6, 6.07) is 0. The molecule has 0 aromatic carbocycles. The molecule has 0 aliphatic rings. The Balaban J connectivity index is 4.54. The first-order valence-electron chi connectivity index (χ1n) is 16.3. The number of carbonyl (C=O) groups excluding carboxylic acids is 2. The SMILES string of the molecule is CCCC(CCOC(=O)NC(C)(C)CCOC(C)(C)C)SSC(CCC)CCOC(=O)NC(C)(C)CCOC(C)(C)CC. The van der Waals surface area contributed by atoms with Crippen LogP contribution < -0.4 is 10.6 Å². The molecule has 0 aliphatic heterocycles. The number of hydrogen-bond acceptors (Lipinski definition) is 8. The van der Waals surface area contributed by atoms with Crippen LogP contribution in [0.5, 0.6) is 0 Å². The van der Waals surface area contributed by atoms with Crippen LogP contribution in [-0.2, 0) is 18.9 Å². The number of rotatable bonds is 23. The highest BCUT2D eigenvalue weighted by molar-refractivity contribution is 8.77. The quantitative estimate of drug-likeness (QED) is 0.106. The molecule has 2 N–H and O–H groups in total. The average Bonchev–Trinajstić information content (AvgIpc) is 2.85. The van der Waals surface area contributed by atoms with E-state index in [9.17, 15) is 9.59 Å². The summed E-state index contributed by atoms with van der Waals surface area (Å²) in [5.41, 5.74) is -1.16. The average molecular weight is 651 g/mol. The van der Waals surface area contributed by atoms with Gasteiger partial charge in [-0.1, -0.05) is 55.2 Å². The van der Waals surface area contributed by atoms with Gasteiger partial charge >= 0.3 is 12.2 Å². The molecule has 0 bridgehead atoms. The molecule has 0 radical (unpaired) electrons. The lowest BCUT2D eigenvalue weighted by Gasteiger charge is -2.29. The van der Waals surface area contributed by atoms with E-state index in [1.807, 2.05) is 70.1 Å². The third-order valence-electron chi connectivity index (χ3n) is 7.11. The van der Waals surface area contributed by atoms with Crippen LogP contribution in [0.4, 0.5) is 9.59 Å². The van der Waals surface area contributed by atoms with Gasteiger partial charge in [-0.05, 0) is 107 Å². The summed E-state index contributed by atoms with van der Waals surface area (Å²) < 4.78 is 22.9. The minimum absolute atomic E-state index is 0.155. The Kier molecular flexibility index (Phi) is 20.6. The van der Waals surface area contributed by atoms with Crippen LogP contribution >= 0.6 is 21.6 Å². The van der Waals surface area contributed by atoms with E-state index >= 15 is 0 Å². The van der Waals surface area contributed by atoms with Crippen molar-refractivity contribution in [3.8, 4) is 0 Å². The molecule has 0 aliphatic carbocycles. The Labute approximate surface area is 272 Å². The van der Waals surface area contributed by atoms with Crippen molar-refractivity contribution in [2.24, 2.45) is 0 Å². The standard InChI is InChI=1S/C33H66N2O6S2/c1-13-16-26(18-22-38-28(36)34-31(7,8)20-24-40-30(4,5)6)42-43-27(17-14-2)19-23-39-29(37)35-32(9,10)21-25-41-33(11,12)15-3/h26-27H,13-25H2,1-12H3,(H,34,36)(H,35,37). The molecular weight excluding hydrogens is 585 g/mol. The second kappa shape index (κ2) is 21.0. The molecule has 0 fully saturated rings. The van der Waals surface area contributed by atoms with Crippen molar-refractivity contribution < 1.29 is 28.5 Å². The number of hydrogen-bond donors (Lipinski definition) is 2. The van der Waals surface area contributed by atoms with Crippen LogP contribution in [0, 0.1) is 0 Å². The molecule has 0 rings (SSSR count). The van der Waals surface area contributed by atoms with Crippen molar-refractivity contribution in [2.45, 2.75) is 174 Å². The molecule has 256 valence electrons. The van der Waals surface area contributed by atoms with Gasteiger partial charge in [0.2, 0.25) is 0 Å². The zero-order valence-corrected chi connectivity index (χ0v) is 31.2. The van der Waals surface area contributed by atoms with Crippen LogP contribution in [0.2, 0.25) is 0 Å². The molecular formula is C33H66N2O6S2. The molecule has 0 aromatic rings. The molecule has 10 heteroatoms. The normalized spacial score (nSPS) is 14.2. The fourth-order valence-corrected chi connectivity index (χ4v) is 7.36. The Morgan fingerprint density at radius 3 is 1.35 bits per heavy atom. The monoisotopic (exact) mass is 650 g/mol. The van der Waals surface area contributed by atoms with Gasteiger partial charge in [-0.3, -0.25) is 0 Å². The van der Waals surface area contributed by atoms with Crippen LogP contribution in [0.15, 0.2) is 0 Å². The van der Waals surface area contributed by atoms with Gasteiger partial charge in [0.15, 0.2) is 0 Å². The predicted octanol–water partition coefficient (Wildman–Crippen LogP) is 9.30. The third-order valence-corrected chi connectivity index (χ3v) is 10.7. The second-order valence-corrected chi connectivity index (χ2v) is 17.2. The van der Waals surface area contributed by atoms with E-state index in [2.05, 4.69) is 45.3 Å². The summed E-state index contributed by atoms with van der Waals surface area (Å²) in [4.78, 5) is 24.9. The van der Waals surface area contributed by atoms with Gasteiger partial charge in [-0.25, -0.2) is 9.59 Å². The highest BCUT2D eigenvalue weighted by Gasteiger charge is 2.25. The van der Waals surface area contributed by atoms with Gasteiger partial charge in [0.1, 0.15) is 0 Å². The molecule has 0 heterocycles. The summed E-state index contributed by atoms with van der Waals surface area (Å²) in [7, 11) is 3.75. The molecule has 2 atom stereocenters. The molecule has 0 aromatic heterocycles. The Hall–Kier alpha value is -0.840. The van der Waals surface area contributed by atoms with Crippen molar-refractivity contribution in [3.63, 3.8) is 0 Å². The smallest absolute Gasteiger partial charge is 0.407 e. The summed E-state index contributed by atoms with van der Waals surface area (Å²) in [6.07, 6.45) is 7.48. The van der Waals surface area contributed by atoms with E-state index in [0.29, 0.717) is 49.8 Å². The van der Waals surface area contributed by atoms with Gasteiger partial charge in [0.05, 0.1) is 24.4 Å². The largest absolute Gasteiger partial charge is 0.450 e. The molecule has 0 saturated heterocycles. The predicted molar refractivity (Wildman–Crippen MR) is 184 cm³/mol. The Bertz CT molecular complexity index is 771. The van der Waals surface area contributed by atoms with Crippen molar-refractivity contribution in [3.05, 3.63) is 0 Å². The number of ether oxygens (including phenoxy) is 4. The highest BCUT2D eigenvalue weighted by Crippen LogP contribution is 2.38. The van der Waals surface area contributed by atoms with Gasteiger partial charge in [0, 0.05) is 34.8 Å². The van der Waals surface area contributed by atoms with Crippen molar-refractivity contribution in [1.29, 1.82) is 0 Å². The fourth-order valence-electron chi connectivity index (χ4n) is 3.90. The zero-order chi connectivity index (χ0) is 33.2. The lowest BCUT2D eigenvalue weighted by molar-refractivity contribution is -0.0274. The summed E-state index contributed by atoms with van der Waals surface area (Å²) in [6.45, 7) is 26.6. The lowest BCUT2D eigenvalue weighted by Crippen LogP contribution is -2.45. The lowest BCUT2D eigenvalue weighted by atomic mass is 10.0. The summed E-state index contributed by atoms with van der Waals surface area (Å²) in [5, 5.41) is 6.74. The molecule has 43 heavy (non-hydrogen) atoms. The van der Waals surface area contributed by atoms with E-state index in [1.165, 1.54) is 0 Å². The van der Waals surface area contributed by atoms with Crippen LogP contribution in [0.3, 0.4) is 0 Å². The van der Waals surface area contributed by atoms with Crippen molar-refractivity contribution in [1.82, 2.24) is 10.6 Å². The molecule has 2 unspecified atom stereocenters. The van der Waals surface area contributed by atoms with E-state index in [-0.39, 0.29) is 23.4 Å². The summed E-state index contributed by atoms with van der Waals surface area (Å²) in [5.74, 6) is 0. The molecule has 0 saturated carbocycles. The maximum absolute atomic E-state index is 12.5. The first-order chi connectivity index (χ1) is 19.8. The summed E-state index contributed by atoms with van der Waals surface area (Å²) >= 11 is 0. The molecule has 2 amide bonds. The van der Waals surface area contributed by atoms with Gasteiger partial charge < -0.3 is 29.6 Å². The maximum Gasteiger partial charge on any atom is 0.407 e. The number of nitrogens with one attached hydrogen (secondary N) is 2. The Morgan fingerprint density at radius 2 is 1.00 bits per heavy atom. The van der Waals surface area contributed by atoms with Crippen LogP contribution in [-0.4, -0.2) is 71.4 Å². The molecule has 8 nitrogen and oxygen atoms in total. The first-order valence-corrected chi connectivity index (χ1v) is 18.6.